The molecule has 0 aliphatic heterocycles. The third kappa shape index (κ3) is 78.4. The summed E-state index contributed by atoms with van der Waals surface area (Å²) in [5.41, 5.74) is 6.88. The molecule has 3 unspecified atom stereocenters. The van der Waals surface area contributed by atoms with E-state index in [0.717, 1.165) is 18.4 Å². The fourth-order valence-electron chi connectivity index (χ4n) is 4.24. The van der Waals surface area contributed by atoms with Crippen molar-refractivity contribution in [3.8, 4) is 5.75 Å². The number of aromatic hydroxyl groups is 1. The number of nitrogens with one attached hydrogen (secondary N) is 4. The van der Waals surface area contributed by atoms with E-state index in [9.17, 15) is 58.8 Å². The zero-order valence-corrected chi connectivity index (χ0v) is 58.0. The molecule has 0 aliphatic rings. The minimum atomic E-state index is -1.75. The molecule has 2 aromatic carbocycles. The number of aryl methyl sites for hydroxylation is 1. The third-order valence-corrected chi connectivity index (χ3v) is 7.53. The first kappa shape index (κ1) is 101. The Balaban J connectivity index is -0.0000000701. The molecule has 5 amide bonds. The molecule has 3 atom stereocenters. The Labute approximate surface area is 539 Å². The number of aliphatic hydroxyl groups is 1. The molecule has 0 aliphatic carbocycles. The van der Waals surface area contributed by atoms with Crippen LogP contribution in [0.2, 0.25) is 0 Å². The van der Waals surface area contributed by atoms with Crippen molar-refractivity contribution in [2.45, 2.75) is 187 Å². The van der Waals surface area contributed by atoms with E-state index in [4.69, 9.17) is 15.9 Å². The molecule has 414 valence electrons. The van der Waals surface area contributed by atoms with E-state index in [0.29, 0.717) is 37.0 Å². The summed E-state index contributed by atoms with van der Waals surface area (Å²) >= 11 is 0. The second-order valence-corrected chi connectivity index (χ2v) is 13.9. The van der Waals surface area contributed by atoms with E-state index in [2.05, 4.69) is 24.5 Å². The number of phenols is 1. The van der Waals surface area contributed by atoms with Gasteiger partial charge in [0.1, 0.15) is 11.8 Å². The van der Waals surface area contributed by atoms with E-state index < -0.39 is 79.2 Å². The summed E-state index contributed by atoms with van der Waals surface area (Å²) in [6.07, 6.45) is 0.446. The smallest absolute Gasteiger partial charge is 0.550 e. The number of carbonyl (C=O) groups excluding carboxylic acids is 8. The average Bonchev–Trinajstić information content (AvgIpc) is 3.35. The molecular formula is C52H93N5Na4O14. The minimum absolute atomic E-state index is 0. The molecule has 0 fully saturated rings. The number of hydrogen-bond acceptors (Lipinski definition) is 14. The van der Waals surface area contributed by atoms with Gasteiger partial charge in [-0.3, -0.25) is 14.4 Å². The predicted octanol–water partition coefficient (Wildman–Crippen LogP) is -8.77. The molecule has 19 nitrogen and oxygen atoms in total. The van der Waals surface area contributed by atoms with Gasteiger partial charge in [0.05, 0.1) is 36.5 Å². The molecule has 0 radical (unpaired) electrons. The Morgan fingerprint density at radius 3 is 1.24 bits per heavy atom. The number of carboxylic acid groups (broad SMARTS) is 4. The van der Waals surface area contributed by atoms with Gasteiger partial charge < -0.3 is 76.8 Å². The van der Waals surface area contributed by atoms with Crippen LogP contribution in [0.1, 0.15) is 167 Å². The SMILES string of the molecule is CC.CC.CC.CC.CC.CC.CC(C)CCC(=O)NC(Cc1ccccc1)C(=O)NCC(=O)[O-].CC(C)CCO.Cc1ccc(O)cc1.NC(=O)CCC(NC(=O)NC(CCC(=O)[O-])C(=O)[O-])C(=O)[O-].[Na+].[Na+].[Na+].[Na+]. The number of aliphatic hydroxyl groups excluding tert-OH is 1. The van der Waals surface area contributed by atoms with Crippen molar-refractivity contribution >= 4 is 47.6 Å². The van der Waals surface area contributed by atoms with E-state index >= 15 is 0 Å². The van der Waals surface area contributed by atoms with Gasteiger partial charge in [-0.25, -0.2) is 4.79 Å². The second kappa shape index (κ2) is 76.0. The summed E-state index contributed by atoms with van der Waals surface area (Å²) in [5.74, 6) is -6.53. The fourth-order valence-corrected chi connectivity index (χ4v) is 4.24. The van der Waals surface area contributed by atoms with Gasteiger partial charge in [-0.1, -0.05) is 159 Å². The Morgan fingerprint density at radius 2 is 0.933 bits per heavy atom. The molecule has 8 N–H and O–H groups in total. The Morgan fingerprint density at radius 1 is 0.533 bits per heavy atom. The minimum Gasteiger partial charge on any atom is -0.550 e. The first-order valence-electron chi connectivity index (χ1n) is 24.7. The number of primary amides is 1. The first-order valence-corrected chi connectivity index (χ1v) is 24.7. The van der Waals surface area contributed by atoms with Crippen molar-refractivity contribution in [2.75, 3.05) is 13.2 Å². The van der Waals surface area contributed by atoms with E-state index in [1.54, 1.807) is 12.1 Å². The number of carboxylic acids is 4. The number of phenolic OH excluding ortho intramolecular Hbond substituents is 1. The molecule has 0 saturated heterocycles. The number of urea groups is 1. The molecule has 23 heteroatoms. The zero-order chi connectivity index (χ0) is 57.5. The topological polar surface area (TPSA) is 343 Å². The summed E-state index contributed by atoms with van der Waals surface area (Å²) < 4.78 is 0. The molecule has 0 saturated carbocycles. The van der Waals surface area contributed by atoms with Crippen LogP contribution in [0.15, 0.2) is 54.6 Å². The summed E-state index contributed by atoms with van der Waals surface area (Å²) in [6, 6.07) is 11.1. The van der Waals surface area contributed by atoms with Gasteiger partial charge in [-0.2, -0.15) is 0 Å². The van der Waals surface area contributed by atoms with E-state index in [1.807, 2.05) is 157 Å². The largest absolute Gasteiger partial charge is 1.00 e. The van der Waals surface area contributed by atoms with Crippen molar-refractivity contribution in [1.82, 2.24) is 21.3 Å². The molecule has 0 aromatic heterocycles. The van der Waals surface area contributed by atoms with Crippen LogP contribution in [0.4, 0.5) is 4.79 Å². The zero-order valence-electron chi connectivity index (χ0n) is 50.0. The Kier molecular flexibility index (Phi) is 103. The summed E-state index contributed by atoms with van der Waals surface area (Å²) in [7, 11) is 0. The van der Waals surface area contributed by atoms with Crippen molar-refractivity contribution in [2.24, 2.45) is 17.6 Å². The van der Waals surface area contributed by atoms with Crippen molar-refractivity contribution in [3.05, 3.63) is 65.7 Å². The Bertz CT molecular complexity index is 1550. The van der Waals surface area contributed by atoms with E-state index in [1.165, 1.54) is 5.56 Å². The van der Waals surface area contributed by atoms with Gasteiger partial charge in [-0.05, 0) is 68.6 Å². The van der Waals surface area contributed by atoms with Crippen LogP contribution >= 0.6 is 0 Å². The molecule has 2 aromatic rings. The van der Waals surface area contributed by atoms with Gasteiger partial charge in [0, 0.05) is 31.8 Å². The molecule has 0 heterocycles. The number of amides is 5. The van der Waals surface area contributed by atoms with Gasteiger partial charge in [0.25, 0.3) is 0 Å². The first-order chi connectivity index (χ1) is 33.6. The van der Waals surface area contributed by atoms with Gasteiger partial charge in [-0.15, -0.1) is 0 Å². The fraction of sp³-hybridized carbons (Fsp3) is 0.615. The van der Waals surface area contributed by atoms with Crippen LogP contribution in [0, 0.1) is 18.8 Å². The number of nitrogens with two attached hydrogens (primary N) is 1. The molecule has 0 spiro atoms. The predicted molar refractivity (Wildman–Crippen MR) is 274 cm³/mol. The summed E-state index contributed by atoms with van der Waals surface area (Å²) in [4.78, 5) is 88.3. The molecule has 75 heavy (non-hydrogen) atoms. The number of benzene rings is 2. The van der Waals surface area contributed by atoms with Crippen LogP contribution < -0.4 is 166 Å². The standard InChI is InChI=1S/C17H24N2O4.C11H17N3O8.C7H8O.C5H12O.6C2H6.4Na/c1-12(2)8-9-15(20)19-14(17(23)18-11-16(21)22)10-13-6-4-3-5-7-13;12-7(15)3-1-5(9(18)19)13-11(22)14-6(10(20)21)2-4-8(16)17;1-6-2-4-7(8)5-3-6;1-5(2)3-4-6;6*1-2;;;;/h3-7,12,14H,8-11H2,1-2H3,(H,18,23)(H,19,20)(H,21,22);5-6H,1-4H2,(H2,12,15)(H,16,17)(H,18,19)(H,20,21)(H2,13,14,22);2-5,8H,1H3;5-6H,3-4H2,1-2H3;6*1-2H3;;;;/q;;;;;;;;;;4*+1/p-4. The van der Waals surface area contributed by atoms with Crippen LogP contribution in [-0.4, -0.2) is 89.1 Å². The van der Waals surface area contributed by atoms with Gasteiger partial charge in [0.15, 0.2) is 0 Å². The molecule has 0 bridgehead atoms. The van der Waals surface area contributed by atoms with Crippen LogP contribution in [0.3, 0.4) is 0 Å². The van der Waals surface area contributed by atoms with Gasteiger partial charge in [0.2, 0.25) is 17.7 Å². The van der Waals surface area contributed by atoms with Gasteiger partial charge >= 0.3 is 124 Å². The van der Waals surface area contributed by atoms with Crippen LogP contribution in [-0.2, 0) is 40.0 Å². The number of aliphatic carboxylic acids is 4. The monoisotopic (exact) mass is 1100 g/mol. The Hall–Kier alpha value is -2.24. The number of carbonyl (C=O) groups is 8. The maximum Gasteiger partial charge on any atom is 1.00 e. The molecule has 2 rings (SSSR count). The average molecular weight is 1100 g/mol. The maximum absolute atomic E-state index is 12.1. The number of rotatable bonds is 21. The van der Waals surface area contributed by atoms with Crippen molar-refractivity contribution in [1.29, 1.82) is 0 Å². The maximum atomic E-state index is 12.1. The van der Waals surface area contributed by atoms with Crippen LogP contribution in [0.5, 0.6) is 5.75 Å². The third-order valence-electron chi connectivity index (χ3n) is 7.53. The van der Waals surface area contributed by atoms with Crippen molar-refractivity contribution in [3.63, 3.8) is 0 Å². The van der Waals surface area contributed by atoms with Crippen molar-refractivity contribution < 1.29 is 187 Å². The summed E-state index contributed by atoms with van der Waals surface area (Å²) in [6.45, 7) is 34.0. The number of hydrogen-bond donors (Lipinski definition) is 7. The molecular weight excluding hydrogens is 1010 g/mol. The van der Waals surface area contributed by atoms with Crippen LogP contribution in [0.25, 0.3) is 0 Å². The van der Waals surface area contributed by atoms with E-state index in [-0.39, 0.29) is 137 Å². The quantitative estimate of drug-likeness (QED) is 0.0572. The second-order valence-electron chi connectivity index (χ2n) is 13.9. The normalized spacial score (nSPS) is 9.60. The summed E-state index contributed by atoms with van der Waals surface area (Å²) in [5, 5.41) is 67.8.